The Kier molecular flexibility index (Phi) is 6.33. The van der Waals surface area contributed by atoms with Gasteiger partial charge in [-0.1, -0.05) is 26.2 Å². The van der Waals surface area contributed by atoms with Crippen LogP contribution in [0.3, 0.4) is 0 Å². The van der Waals surface area contributed by atoms with E-state index in [9.17, 15) is 4.79 Å². The minimum Gasteiger partial charge on any atom is -0.480 e. The highest BCUT2D eigenvalue weighted by Gasteiger charge is 2.36. The molecule has 1 N–H and O–H groups in total. The summed E-state index contributed by atoms with van der Waals surface area (Å²) in [7, 11) is 0. The summed E-state index contributed by atoms with van der Waals surface area (Å²) in [5.74, 6) is -1.03. The first-order chi connectivity index (χ1) is 5.92. The van der Waals surface area contributed by atoms with Gasteiger partial charge in [-0.15, -0.1) is 25.3 Å². The third kappa shape index (κ3) is 4.51. The standard InChI is InChI=1S/C8H16O2S3/c1-2-3-4-5-6(11)8(12,13)7(9)10/h6,11-13H,2-5H2,1H3,(H,9,10). The van der Waals surface area contributed by atoms with E-state index in [1.54, 1.807) is 0 Å². The van der Waals surface area contributed by atoms with Crippen LogP contribution in [0, 0.1) is 0 Å². The highest BCUT2D eigenvalue weighted by Crippen LogP contribution is 2.31. The fraction of sp³-hybridized carbons (Fsp3) is 0.875. The maximum Gasteiger partial charge on any atom is 0.330 e. The van der Waals surface area contributed by atoms with E-state index < -0.39 is 10.0 Å². The maximum atomic E-state index is 10.7. The summed E-state index contributed by atoms with van der Waals surface area (Å²) in [5.41, 5.74) is 0. The van der Waals surface area contributed by atoms with Gasteiger partial charge in [-0.3, -0.25) is 0 Å². The molecule has 0 aromatic carbocycles. The summed E-state index contributed by atoms with van der Waals surface area (Å²) in [6, 6.07) is 0. The van der Waals surface area contributed by atoms with Crippen LogP contribution < -0.4 is 0 Å². The molecule has 0 spiro atoms. The first kappa shape index (κ1) is 13.5. The van der Waals surface area contributed by atoms with Gasteiger partial charge in [0.15, 0.2) is 4.08 Å². The van der Waals surface area contributed by atoms with E-state index in [0.717, 1.165) is 25.7 Å². The number of unbranched alkanes of at least 4 members (excludes halogenated alkanes) is 2. The third-order valence-electron chi connectivity index (χ3n) is 1.86. The molecule has 13 heavy (non-hydrogen) atoms. The largest absolute Gasteiger partial charge is 0.480 e. The summed E-state index contributed by atoms with van der Waals surface area (Å²) in [5, 5.41) is 8.45. The van der Waals surface area contributed by atoms with Crippen molar-refractivity contribution in [2.75, 3.05) is 0 Å². The van der Waals surface area contributed by atoms with Gasteiger partial charge in [-0.05, 0) is 6.42 Å². The van der Waals surface area contributed by atoms with E-state index in [1.807, 2.05) is 0 Å². The van der Waals surface area contributed by atoms with Crippen LogP contribution >= 0.6 is 37.9 Å². The molecule has 0 aromatic rings. The Balaban J connectivity index is 3.94. The monoisotopic (exact) mass is 240 g/mol. The first-order valence-corrected chi connectivity index (χ1v) is 5.70. The smallest absolute Gasteiger partial charge is 0.330 e. The molecule has 0 aliphatic rings. The van der Waals surface area contributed by atoms with Gasteiger partial charge >= 0.3 is 5.97 Å². The van der Waals surface area contributed by atoms with Crippen LogP contribution in [0.4, 0.5) is 0 Å². The molecule has 0 fully saturated rings. The zero-order valence-electron chi connectivity index (χ0n) is 7.60. The van der Waals surface area contributed by atoms with Crippen LogP contribution in [-0.4, -0.2) is 20.4 Å². The number of carbonyl (C=O) groups is 1. The van der Waals surface area contributed by atoms with Crippen LogP contribution in [0.2, 0.25) is 0 Å². The van der Waals surface area contributed by atoms with Gasteiger partial charge < -0.3 is 5.11 Å². The quantitative estimate of drug-likeness (QED) is 0.327. The molecule has 2 nitrogen and oxygen atoms in total. The topological polar surface area (TPSA) is 37.3 Å². The molecule has 0 aromatic heterocycles. The second kappa shape index (κ2) is 6.09. The van der Waals surface area contributed by atoms with Crippen LogP contribution in [0.5, 0.6) is 0 Å². The molecule has 0 bridgehead atoms. The molecule has 0 amide bonds. The zero-order valence-corrected chi connectivity index (χ0v) is 10.3. The van der Waals surface area contributed by atoms with Crippen molar-refractivity contribution in [3.63, 3.8) is 0 Å². The lowest BCUT2D eigenvalue weighted by molar-refractivity contribution is -0.137. The molecule has 78 valence electrons. The highest BCUT2D eigenvalue weighted by molar-refractivity contribution is 8.03. The summed E-state index contributed by atoms with van der Waals surface area (Å²) >= 11 is 12.1. The van der Waals surface area contributed by atoms with Crippen LogP contribution in [0.1, 0.15) is 32.6 Å². The SMILES string of the molecule is CCCCCC(S)C(S)(S)C(=O)O. The first-order valence-electron chi connectivity index (χ1n) is 4.29. The van der Waals surface area contributed by atoms with Gasteiger partial charge in [-0.25, -0.2) is 4.79 Å². The summed E-state index contributed by atoms with van der Waals surface area (Å²) < 4.78 is -1.32. The predicted molar refractivity (Wildman–Crippen MR) is 65.3 cm³/mol. The van der Waals surface area contributed by atoms with Crippen molar-refractivity contribution in [2.24, 2.45) is 0 Å². The number of hydrogen-bond donors (Lipinski definition) is 4. The Morgan fingerprint density at radius 1 is 1.46 bits per heavy atom. The average Bonchev–Trinajstić information content (AvgIpc) is 2.04. The number of hydrogen-bond acceptors (Lipinski definition) is 4. The Hall–Kier alpha value is 0.520. The van der Waals surface area contributed by atoms with Gasteiger partial charge in [-0.2, -0.15) is 12.6 Å². The van der Waals surface area contributed by atoms with Crippen molar-refractivity contribution in [3.05, 3.63) is 0 Å². The normalized spacial score (nSPS) is 14.2. The van der Waals surface area contributed by atoms with Crippen LogP contribution in [-0.2, 0) is 4.79 Å². The number of thiol groups is 3. The van der Waals surface area contributed by atoms with E-state index >= 15 is 0 Å². The molecule has 1 unspecified atom stereocenters. The summed E-state index contributed by atoms with van der Waals surface area (Å²) in [4.78, 5) is 10.7. The molecule has 1 atom stereocenters. The number of carboxylic acids is 1. The fourth-order valence-corrected chi connectivity index (χ4v) is 1.48. The third-order valence-corrected chi connectivity index (χ3v) is 3.92. The fourth-order valence-electron chi connectivity index (χ4n) is 0.931. The van der Waals surface area contributed by atoms with Gasteiger partial charge in [0, 0.05) is 5.25 Å². The Morgan fingerprint density at radius 3 is 2.38 bits per heavy atom. The second-order valence-electron chi connectivity index (χ2n) is 3.04. The lowest BCUT2D eigenvalue weighted by Crippen LogP contribution is -2.36. The van der Waals surface area contributed by atoms with Crippen molar-refractivity contribution in [2.45, 2.75) is 41.9 Å². The summed E-state index contributed by atoms with van der Waals surface area (Å²) in [6.45, 7) is 2.10. The van der Waals surface area contributed by atoms with E-state index in [-0.39, 0.29) is 5.25 Å². The van der Waals surface area contributed by atoms with Gasteiger partial charge in [0.1, 0.15) is 0 Å². The van der Waals surface area contributed by atoms with Gasteiger partial charge in [0.2, 0.25) is 0 Å². The molecular formula is C8H16O2S3. The van der Waals surface area contributed by atoms with Gasteiger partial charge in [0.25, 0.3) is 0 Å². The highest BCUT2D eigenvalue weighted by atomic mass is 32.2. The minimum atomic E-state index is -1.32. The Labute approximate surface area is 95.7 Å². The van der Waals surface area contributed by atoms with Crippen LogP contribution in [0.15, 0.2) is 0 Å². The molecule has 5 heteroatoms. The second-order valence-corrected chi connectivity index (χ2v) is 5.43. The van der Waals surface area contributed by atoms with E-state index in [0.29, 0.717) is 0 Å². The van der Waals surface area contributed by atoms with Crippen molar-refractivity contribution in [1.82, 2.24) is 0 Å². The molecule has 0 saturated carbocycles. The lowest BCUT2D eigenvalue weighted by Gasteiger charge is -2.24. The zero-order chi connectivity index (χ0) is 10.5. The molecule has 0 heterocycles. The van der Waals surface area contributed by atoms with Crippen molar-refractivity contribution in [3.8, 4) is 0 Å². The number of aliphatic carboxylic acids is 1. The molecule has 0 radical (unpaired) electrons. The predicted octanol–water partition coefficient (Wildman–Crippen LogP) is 2.51. The van der Waals surface area contributed by atoms with E-state index in [1.165, 1.54) is 0 Å². The van der Waals surface area contributed by atoms with Crippen molar-refractivity contribution in [1.29, 1.82) is 0 Å². The van der Waals surface area contributed by atoms with E-state index in [4.69, 9.17) is 5.11 Å². The molecule has 0 aliphatic heterocycles. The maximum absolute atomic E-state index is 10.7. The molecular weight excluding hydrogens is 224 g/mol. The minimum absolute atomic E-state index is 0.316. The van der Waals surface area contributed by atoms with E-state index in [2.05, 4.69) is 44.8 Å². The van der Waals surface area contributed by atoms with Gasteiger partial charge in [0.05, 0.1) is 0 Å². The Morgan fingerprint density at radius 2 is 2.00 bits per heavy atom. The molecule has 0 saturated heterocycles. The lowest BCUT2D eigenvalue weighted by atomic mass is 10.1. The Bertz CT molecular complexity index is 171. The van der Waals surface area contributed by atoms with Crippen molar-refractivity contribution >= 4 is 43.9 Å². The molecule has 0 aliphatic carbocycles. The molecule has 0 rings (SSSR count). The number of rotatable bonds is 6. The van der Waals surface area contributed by atoms with Crippen LogP contribution in [0.25, 0.3) is 0 Å². The summed E-state index contributed by atoms with van der Waals surface area (Å²) in [6.07, 6.45) is 3.91. The number of carboxylic acid groups (broad SMARTS) is 1. The average molecular weight is 240 g/mol. The van der Waals surface area contributed by atoms with Crippen molar-refractivity contribution < 1.29 is 9.90 Å².